The van der Waals surface area contributed by atoms with E-state index in [1.165, 1.54) is 11.1 Å². The van der Waals surface area contributed by atoms with Gasteiger partial charge in [0.1, 0.15) is 4.99 Å². The Bertz CT molecular complexity index is 640. The van der Waals surface area contributed by atoms with E-state index < -0.39 is 0 Å². The lowest BCUT2D eigenvalue weighted by Crippen LogP contribution is -2.11. The molecule has 2 aromatic carbocycles. The van der Waals surface area contributed by atoms with Gasteiger partial charge in [0.2, 0.25) is 0 Å². The van der Waals surface area contributed by atoms with Crippen LogP contribution in [0.1, 0.15) is 29.7 Å². The lowest BCUT2D eigenvalue weighted by Gasteiger charge is -2.19. The van der Waals surface area contributed by atoms with E-state index in [1.54, 1.807) is 0 Å². The van der Waals surface area contributed by atoms with E-state index in [4.69, 9.17) is 18.0 Å². The van der Waals surface area contributed by atoms with Crippen LogP contribution >= 0.6 is 28.1 Å². The van der Waals surface area contributed by atoms with Crippen molar-refractivity contribution < 1.29 is 0 Å². The molecule has 0 radical (unpaired) electrons. The smallest absolute Gasteiger partial charge is 0.104 e. The summed E-state index contributed by atoms with van der Waals surface area (Å²) >= 11 is 8.54. The van der Waals surface area contributed by atoms with E-state index >= 15 is 0 Å². The molecule has 0 aromatic heterocycles. The third-order valence-corrected chi connectivity index (χ3v) is 4.17. The number of rotatable bonds is 4. The van der Waals surface area contributed by atoms with Crippen LogP contribution in [0.15, 0.2) is 46.9 Å². The van der Waals surface area contributed by atoms with E-state index in [1.807, 2.05) is 18.2 Å². The number of hydrogen-bond acceptors (Lipinski definition) is 2. The van der Waals surface area contributed by atoms with Gasteiger partial charge >= 0.3 is 0 Å². The molecule has 2 rings (SSSR count). The number of thiocarbonyl (C=S) groups is 1. The molecule has 0 amide bonds. The third kappa shape index (κ3) is 3.38. The third-order valence-electron chi connectivity index (χ3n) is 3.28. The van der Waals surface area contributed by atoms with Crippen molar-refractivity contribution >= 4 is 38.8 Å². The minimum Gasteiger partial charge on any atom is -0.389 e. The fourth-order valence-electron chi connectivity index (χ4n) is 2.17. The molecule has 0 saturated carbocycles. The van der Waals surface area contributed by atoms with Crippen molar-refractivity contribution in [3.8, 4) is 0 Å². The first-order valence-electron chi connectivity index (χ1n) is 6.40. The van der Waals surface area contributed by atoms with Gasteiger partial charge in [0.25, 0.3) is 0 Å². The Morgan fingerprint density at radius 3 is 2.55 bits per heavy atom. The maximum atomic E-state index is 5.64. The molecule has 4 heteroatoms. The van der Waals surface area contributed by atoms with Crippen LogP contribution in [0.25, 0.3) is 0 Å². The van der Waals surface area contributed by atoms with Crippen LogP contribution in [0.3, 0.4) is 0 Å². The second-order valence-electron chi connectivity index (χ2n) is 4.78. The van der Waals surface area contributed by atoms with Crippen molar-refractivity contribution in [2.45, 2.75) is 19.9 Å². The van der Waals surface area contributed by atoms with Crippen molar-refractivity contribution in [1.82, 2.24) is 0 Å². The zero-order valence-electron chi connectivity index (χ0n) is 11.5. The van der Waals surface area contributed by atoms with Crippen LogP contribution in [-0.4, -0.2) is 4.99 Å². The Kier molecular flexibility index (Phi) is 4.78. The topological polar surface area (TPSA) is 38.0 Å². The van der Waals surface area contributed by atoms with Crippen LogP contribution in [0.5, 0.6) is 0 Å². The Labute approximate surface area is 133 Å². The number of aryl methyl sites for hydroxylation is 1. The molecule has 20 heavy (non-hydrogen) atoms. The summed E-state index contributed by atoms with van der Waals surface area (Å²) in [7, 11) is 0. The van der Waals surface area contributed by atoms with Crippen molar-refractivity contribution in [3.63, 3.8) is 0 Å². The normalized spacial score (nSPS) is 11.9. The molecule has 0 fully saturated rings. The van der Waals surface area contributed by atoms with Gasteiger partial charge in [-0.05, 0) is 59.1 Å². The summed E-state index contributed by atoms with van der Waals surface area (Å²) in [4.78, 5) is 0.407. The van der Waals surface area contributed by atoms with Crippen LogP contribution in [-0.2, 0) is 0 Å². The van der Waals surface area contributed by atoms with Gasteiger partial charge in [-0.25, -0.2) is 0 Å². The average Bonchev–Trinajstić information content (AvgIpc) is 2.41. The van der Waals surface area contributed by atoms with Crippen LogP contribution in [0, 0.1) is 6.92 Å². The van der Waals surface area contributed by atoms with Gasteiger partial charge in [-0.3, -0.25) is 0 Å². The molecule has 0 aliphatic rings. The number of hydrogen-bond donors (Lipinski definition) is 2. The van der Waals surface area contributed by atoms with Gasteiger partial charge in [-0.1, -0.05) is 36.5 Å². The first-order valence-corrected chi connectivity index (χ1v) is 7.60. The minimum atomic E-state index is 0.225. The quantitative estimate of drug-likeness (QED) is 0.795. The fourth-order valence-corrected chi connectivity index (χ4v) is 2.79. The van der Waals surface area contributed by atoms with Crippen molar-refractivity contribution in [1.29, 1.82) is 0 Å². The molecule has 1 atom stereocenters. The highest BCUT2D eigenvalue weighted by molar-refractivity contribution is 9.10. The van der Waals surface area contributed by atoms with Gasteiger partial charge in [0.05, 0.1) is 0 Å². The Morgan fingerprint density at radius 1 is 1.25 bits per heavy atom. The molecule has 104 valence electrons. The molecule has 2 nitrogen and oxygen atoms in total. The van der Waals surface area contributed by atoms with E-state index in [2.05, 4.69) is 59.4 Å². The van der Waals surface area contributed by atoms with E-state index in [9.17, 15) is 0 Å². The lowest BCUT2D eigenvalue weighted by molar-refractivity contribution is 0.873. The summed E-state index contributed by atoms with van der Waals surface area (Å²) in [5.74, 6) is 0. The highest BCUT2D eigenvalue weighted by atomic mass is 79.9. The summed E-state index contributed by atoms with van der Waals surface area (Å²) in [5.41, 5.74) is 10.1. The fraction of sp³-hybridized carbons (Fsp3) is 0.188. The Hall–Kier alpha value is -1.39. The van der Waals surface area contributed by atoms with Crippen molar-refractivity contribution in [2.24, 2.45) is 5.73 Å². The largest absolute Gasteiger partial charge is 0.389 e. The molecular weight excluding hydrogens is 332 g/mol. The molecule has 0 bridgehead atoms. The molecule has 1 unspecified atom stereocenters. The molecule has 3 N–H and O–H groups in total. The van der Waals surface area contributed by atoms with Gasteiger partial charge in [-0.2, -0.15) is 0 Å². The summed E-state index contributed by atoms with van der Waals surface area (Å²) in [6.07, 6.45) is 0. The summed E-state index contributed by atoms with van der Waals surface area (Å²) in [5, 5.41) is 3.50. The van der Waals surface area contributed by atoms with Crippen LogP contribution < -0.4 is 11.1 Å². The van der Waals surface area contributed by atoms with Gasteiger partial charge in [0, 0.05) is 21.8 Å². The lowest BCUT2D eigenvalue weighted by atomic mass is 10.0. The molecule has 0 saturated heterocycles. The van der Waals surface area contributed by atoms with Crippen molar-refractivity contribution in [3.05, 3.63) is 63.6 Å². The Morgan fingerprint density at radius 2 is 1.95 bits per heavy atom. The van der Waals surface area contributed by atoms with Gasteiger partial charge in [0.15, 0.2) is 0 Å². The van der Waals surface area contributed by atoms with Crippen LogP contribution in [0.2, 0.25) is 0 Å². The summed E-state index contributed by atoms with van der Waals surface area (Å²) in [6.45, 7) is 4.27. The minimum absolute atomic E-state index is 0.225. The number of benzene rings is 2. The summed E-state index contributed by atoms with van der Waals surface area (Å²) in [6, 6.07) is 14.5. The summed E-state index contributed by atoms with van der Waals surface area (Å²) < 4.78 is 0.961. The van der Waals surface area contributed by atoms with E-state index in [0.717, 1.165) is 15.7 Å². The van der Waals surface area contributed by atoms with Gasteiger partial charge in [-0.15, -0.1) is 0 Å². The van der Waals surface area contributed by atoms with E-state index in [0.29, 0.717) is 4.99 Å². The molecule has 0 aliphatic heterocycles. The first kappa shape index (κ1) is 15.0. The zero-order chi connectivity index (χ0) is 14.7. The second-order valence-corrected chi connectivity index (χ2v) is 6.08. The average molecular weight is 349 g/mol. The van der Waals surface area contributed by atoms with Crippen LogP contribution in [0.4, 0.5) is 5.69 Å². The standard InChI is InChI=1S/C16H17BrN2S/c1-10-5-3-4-6-13(10)11(2)19-15-8-7-12(16(18)20)9-14(15)17/h3-9,11,19H,1-2H3,(H2,18,20). The first-order chi connectivity index (χ1) is 9.49. The number of nitrogens with one attached hydrogen (secondary N) is 1. The Balaban J connectivity index is 2.22. The number of nitrogens with two attached hydrogens (primary N) is 1. The number of anilines is 1. The van der Waals surface area contributed by atoms with Gasteiger partial charge < -0.3 is 11.1 Å². The predicted molar refractivity (Wildman–Crippen MR) is 93.2 cm³/mol. The molecule has 0 aliphatic carbocycles. The molecular formula is C16H17BrN2S. The SMILES string of the molecule is Cc1ccccc1C(C)Nc1ccc(C(N)=S)cc1Br. The second kappa shape index (κ2) is 6.37. The molecule has 0 spiro atoms. The predicted octanol–water partition coefficient (Wildman–Crippen LogP) is 4.56. The molecule has 0 heterocycles. The zero-order valence-corrected chi connectivity index (χ0v) is 13.9. The molecule has 2 aromatic rings. The highest BCUT2D eigenvalue weighted by Gasteiger charge is 2.10. The maximum Gasteiger partial charge on any atom is 0.104 e. The number of halogens is 1. The highest BCUT2D eigenvalue weighted by Crippen LogP contribution is 2.28. The van der Waals surface area contributed by atoms with Crippen molar-refractivity contribution in [2.75, 3.05) is 5.32 Å². The maximum absolute atomic E-state index is 5.64. The van der Waals surface area contributed by atoms with E-state index in [-0.39, 0.29) is 6.04 Å². The monoisotopic (exact) mass is 348 g/mol.